The third kappa shape index (κ3) is 3.10. The number of halogens is 1. The standard InChI is InChI=1S/C23H18FN5O/c1-14(22-28-27-21-4-2-3-11-29(21)22)26-23(30)16-7-5-15(6-8-16)19-13-25-20-12-17(24)9-10-18(19)20/h2-14,25H,1H3,(H,26,30)/t14-/m0/s1. The highest BCUT2D eigenvalue weighted by Gasteiger charge is 2.17. The summed E-state index contributed by atoms with van der Waals surface area (Å²) in [5.41, 5.74) is 3.92. The molecule has 0 aliphatic carbocycles. The van der Waals surface area contributed by atoms with Crippen LogP contribution in [0.1, 0.15) is 29.1 Å². The van der Waals surface area contributed by atoms with Crippen LogP contribution in [0.3, 0.4) is 0 Å². The number of hydrogen-bond acceptors (Lipinski definition) is 3. The fourth-order valence-corrected chi connectivity index (χ4v) is 3.64. The Morgan fingerprint density at radius 2 is 1.93 bits per heavy atom. The molecule has 1 amide bonds. The van der Waals surface area contributed by atoms with Gasteiger partial charge in [0.2, 0.25) is 0 Å². The molecule has 30 heavy (non-hydrogen) atoms. The Bertz CT molecular complexity index is 1370. The van der Waals surface area contributed by atoms with E-state index in [2.05, 4.69) is 20.5 Å². The largest absolute Gasteiger partial charge is 0.360 e. The van der Waals surface area contributed by atoms with E-state index in [1.807, 2.05) is 54.0 Å². The van der Waals surface area contributed by atoms with Crippen molar-refractivity contribution < 1.29 is 9.18 Å². The molecule has 2 aromatic carbocycles. The van der Waals surface area contributed by atoms with Gasteiger partial charge in [0.1, 0.15) is 5.82 Å². The van der Waals surface area contributed by atoms with Crippen molar-refractivity contribution in [2.45, 2.75) is 13.0 Å². The van der Waals surface area contributed by atoms with Crippen LogP contribution in [0.25, 0.3) is 27.7 Å². The van der Waals surface area contributed by atoms with Gasteiger partial charge < -0.3 is 10.3 Å². The summed E-state index contributed by atoms with van der Waals surface area (Å²) in [5, 5.41) is 12.2. The highest BCUT2D eigenvalue weighted by molar-refractivity contribution is 5.97. The Kier molecular flexibility index (Phi) is 4.28. The Labute approximate surface area is 171 Å². The van der Waals surface area contributed by atoms with Crippen molar-refractivity contribution in [3.8, 4) is 11.1 Å². The molecule has 0 fully saturated rings. The number of amides is 1. The van der Waals surface area contributed by atoms with Gasteiger partial charge in [-0.1, -0.05) is 18.2 Å². The minimum absolute atomic E-state index is 0.192. The summed E-state index contributed by atoms with van der Waals surface area (Å²) in [7, 11) is 0. The molecule has 0 saturated heterocycles. The van der Waals surface area contributed by atoms with Crippen LogP contribution in [0.5, 0.6) is 0 Å². The molecular weight excluding hydrogens is 381 g/mol. The molecule has 7 heteroatoms. The third-order valence-electron chi connectivity index (χ3n) is 5.18. The Balaban J connectivity index is 1.36. The van der Waals surface area contributed by atoms with E-state index in [1.165, 1.54) is 12.1 Å². The monoisotopic (exact) mass is 399 g/mol. The molecule has 0 spiro atoms. The lowest BCUT2D eigenvalue weighted by atomic mass is 10.0. The van der Waals surface area contributed by atoms with Crippen LogP contribution in [0, 0.1) is 5.82 Å². The van der Waals surface area contributed by atoms with Gasteiger partial charge in [-0.2, -0.15) is 0 Å². The predicted molar refractivity (Wildman–Crippen MR) is 113 cm³/mol. The van der Waals surface area contributed by atoms with Crippen LogP contribution < -0.4 is 5.32 Å². The fraction of sp³-hybridized carbons (Fsp3) is 0.0870. The topological polar surface area (TPSA) is 75.1 Å². The maximum absolute atomic E-state index is 13.4. The molecular formula is C23H18FN5O. The van der Waals surface area contributed by atoms with Gasteiger partial charge in [-0.25, -0.2) is 4.39 Å². The van der Waals surface area contributed by atoms with Gasteiger partial charge in [-0.15, -0.1) is 10.2 Å². The van der Waals surface area contributed by atoms with Crippen molar-refractivity contribution in [1.82, 2.24) is 24.9 Å². The van der Waals surface area contributed by atoms with Gasteiger partial charge >= 0.3 is 0 Å². The summed E-state index contributed by atoms with van der Waals surface area (Å²) in [5.74, 6) is 0.196. The quantitative estimate of drug-likeness (QED) is 0.467. The number of hydrogen-bond donors (Lipinski definition) is 2. The smallest absolute Gasteiger partial charge is 0.251 e. The molecule has 0 radical (unpaired) electrons. The number of fused-ring (bicyclic) bond motifs is 2. The zero-order valence-electron chi connectivity index (χ0n) is 16.1. The summed E-state index contributed by atoms with van der Waals surface area (Å²) in [6.45, 7) is 1.88. The Morgan fingerprint density at radius 3 is 2.77 bits per heavy atom. The van der Waals surface area contributed by atoms with Crippen LogP contribution in [0.4, 0.5) is 4.39 Å². The fourth-order valence-electron chi connectivity index (χ4n) is 3.64. The van der Waals surface area contributed by atoms with Crippen molar-refractivity contribution in [3.05, 3.63) is 90.3 Å². The molecule has 3 aromatic heterocycles. The number of pyridine rings is 1. The number of rotatable bonds is 4. The van der Waals surface area contributed by atoms with Gasteiger partial charge in [0, 0.05) is 34.4 Å². The molecule has 0 saturated carbocycles. The van der Waals surface area contributed by atoms with E-state index in [4.69, 9.17) is 0 Å². The molecule has 0 aliphatic heterocycles. The van der Waals surface area contributed by atoms with Crippen molar-refractivity contribution in [2.24, 2.45) is 0 Å². The van der Waals surface area contributed by atoms with E-state index in [-0.39, 0.29) is 17.8 Å². The normalized spacial score (nSPS) is 12.3. The van der Waals surface area contributed by atoms with Crippen molar-refractivity contribution in [3.63, 3.8) is 0 Å². The van der Waals surface area contributed by atoms with Crippen LogP contribution in [0.15, 0.2) is 73.1 Å². The lowest BCUT2D eigenvalue weighted by Gasteiger charge is -2.12. The molecule has 148 valence electrons. The van der Waals surface area contributed by atoms with Crippen molar-refractivity contribution in [1.29, 1.82) is 0 Å². The average molecular weight is 399 g/mol. The summed E-state index contributed by atoms with van der Waals surface area (Å²) < 4.78 is 15.3. The molecule has 0 bridgehead atoms. The molecule has 1 atom stereocenters. The van der Waals surface area contributed by atoms with Crippen LogP contribution in [-0.4, -0.2) is 25.5 Å². The Morgan fingerprint density at radius 1 is 1.10 bits per heavy atom. The van der Waals surface area contributed by atoms with Gasteiger partial charge in [-0.05, 0) is 55.0 Å². The van der Waals surface area contributed by atoms with Gasteiger partial charge in [0.15, 0.2) is 11.5 Å². The number of aromatic amines is 1. The summed E-state index contributed by atoms with van der Waals surface area (Å²) in [6, 6.07) is 17.3. The first kappa shape index (κ1) is 18.1. The lowest BCUT2D eigenvalue weighted by Crippen LogP contribution is -2.27. The van der Waals surface area contributed by atoms with Crippen LogP contribution in [-0.2, 0) is 0 Å². The second-order valence-electron chi connectivity index (χ2n) is 7.15. The molecule has 6 nitrogen and oxygen atoms in total. The number of nitrogens with zero attached hydrogens (tertiary/aromatic N) is 3. The highest BCUT2D eigenvalue weighted by Crippen LogP contribution is 2.29. The molecule has 3 heterocycles. The second-order valence-corrected chi connectivity index (χ2v) is 7.15. The predicted octanol–water partition coefficient (Wildman–Crippen LogP) is 4.51. The second kappa shape index (κ2) is 7.11. The number of aromatic nitrogens is 4. The van der Waals surface area contributed by atoms with Gasteiger partial charge in [-0.3, -0.25) is 9.20 Å². The maximum Gasteiger partial charge on any atom is 0.251 e. The molecule has 5 aromatic rings. The molecule has 5 rings (SSSR count). The molecule has 0 unspecified atom stereocenters. The van der Waals surface area contributed by atoms with Crippen molar-refractivity contribution >= 4 is 22.5 Å². The zero-order chi connectivity index (χ0) is 20.7. The Hall–Kier alpha value is -4.00. The van der Waals surface area contributed by atoms with E-state index >= 15 is 0 Å². The lowest BCUT2D eigenvalue weighted by molar-refractivity contribution is 0.0938. The van der Waals surface area contributed by atoms with Gasteiger partial charge in [0.25, 0.3) is 5.91 Å². The number of carbonyl (C=O) groups is 1. The first-order valence-electron chi connectivity index (χ1n) is 9.58. The van der Waals surface area contributed by atoms with E-state index in [0.717, 1.165) is 27.7 Å². The van der Waals surface area contributed by atoms with E-state index < -0.39 is 0 Å². The average Bonchev–Trinajstić information content (AvgIpc) is 3.37. The van der Waals surface area contributed by atoms with E-state index in [9.17, 15) is 9.18 Å². The van der Waals surface area contributed by atoms with E-state index in [1.54, 1.807) is 18.2 Å². The number of nitrogens with one attached hydrogen (secondary N) is 2. The third-order valence-corrected chi connectivity index (χ3v) is 5.18. The van der Waals surface area contributed by atoms with E-state index in [0.29, 0.717) is 11.4 Å². The number of benzene rings is 2. The zero-order valence-corrected chi connectivity index (χ0v) is 16.1. The highest BCUT2D eigenvalue weighted by atomic mass is 19.1. The summed E-state index contributed by atoms with van der Waals surface area (Å²) >= 11 is 0. The molecule has 0 aliphatic rings. The van der Waals surface area contributed by atoms with Crippen LogP contribution >= 0.6 is 0 Å². The maximum atomic E-state index is 13.4. The van der Waals surface area contributed by atoms with Crippen LogP contribution in [0.2, 0.25) is 0 Å². The molecule has 2 N–H and O–H groups in total. The van der Waals surface area contributed by atoms with Crippen molar-refractivity contribution in [2.75, 3.05) is 0 Å². The number of carbonyl (C=O) groups excluding carboxylic acids is 1. The first-order valence-corrected chi connectivity index (χ1v) is 9.58. The first-order chi connectivity index (χ1) is 14.6. The SMILES string of the molecule is C[C@H](NC(=O)c1ccc(-c2c[nH]c3cc(F)ccc23)cc1)c1nnc2ccccn12. The number of H-pyrrole nitrogens is 1. The minimum atomic E-state index is -0.307. The summed E-state index contributed by atoms with van der Waals surface area (Å²) in [4.78, 5) is 15.8. The van der Waals surface area contributed by atoms with Gasteiger partial charge in [0.05, 0.1) is 6.04 Å². The summed E-state index contributed by atoms with van der Waals surface area (Å²) in [6.07, 6.45) is 3.72. The minimum Gasteiger partial charge on any atom is -0.360 e.